The number of nitrogens with zero attached hydrogens (tertiary/aromatic N) is 6. The summed E-state index contributed by atoms with van der Waals surface area (Å²) in [6, 6.07) is 13.6. The zero-order valence-corrected chi connectivity index (χ0v) is 49.6. The molecule has 1 fully saturated rings. The molecule has 0 aliphatic carbocycles. The lowest BCUT2D eigenvalue weighted by molar-refractivity contribution is -0.915. The number of carbonyl (C=O) groups is 6. The van der Waals surface area contributed by atoms with E-state index in [0.717, 1.165) is 21.1 Å². The molecule has 4 N–H and O–H groups in total. The van der Waals surface area contributed by atoms with Gasteiger partial charge in [0.25, 0.3) is 27.6 Å². The van der Waals surface area contributed by atoms with Crippen LogP contribution in [0.4, 0.5) is 19.1 Å². The molecule has 3 aliphatic rings. The standard InChI is InChI=1S/C56H68BF2N9O15S2/c1-37-31-42(64-46(37)34-47-40(11-10-30-85(77,78)79)33-49(51-13-9-29-84-51)65(47)57(64,58)59)18-15-39-16-19-43(20-17-39)80-27-8-14-52(70)62-45(12-7-23-61-68(4,5)6)55(73)60-24-25-63(3)26-28-81-50-35-48(67(75)76)44(32-41(50)36-69)38(2)82-56(74)83-66-53(71)21-22-54(66)72/h9,13,15-20,29,31-36,38,45,61H,7-8,10-12,14,21-28,30H2,1-6H3,(H2-,60,62,70,73,77,78,79)/p+1/b18-15+. The quantitative estimate of drug-likeness (QED) is 0.00483. The molecule has 85 heavy (non-hydrogen) atoms. The number of aromatic nitrogens is 1. The van der Waals surface area contributed by atoms with Crippen molar-refractivity contribution in [3.8, 4) is 11.5 Å². The van der Waals surface area contributed by atoms with Crippen LogP contribution in [0.5, 0.6) is 11.5 Å². The Hall–Kier alpha value is -7.96. The van der Waals surface area contributed by atoms with Crippen LogP contribution in [0.15, 0.2) is 77.3 Å². The lowest BCUT2D eigenvalue weighted by Gasteiger charge is -2.31. The summed E-state index contributed by atoms with van der Waals surface area (Å²) in [5, 5.41) is 19.9. The Balaban J connectivity index is 0.876. The normalized spacial score (nSPS) is 15.5. The molecule has 7 rings (SSSR count). The van der Waals surface area contributed by atoms with E-state index in [0.29, 0.717) is 87.7 Å². The van der Waals surface area contributed by atoms with Crippen molar-refractivity contribution < 1.29 is 83.4 Å². The van der Waals surface area contributed by atoms with Gasteiger partial charge in [0.05, 0.1) is 60.5 Å². The number of ether oxygens (including phenoxy) is 3. The highest BCUT2D eigenvalue weighted by atomic mass is 32.2. The van der Waals surface area contributed by atoms with Gasteiger partial charge in [-0.15, -0.1) is 11.3 Å². The third kappa shape index (κ3) is 17.3. The predicted octanol–water partition coefficient (Wildman–Crippen LogP) is 6.48. The lowest BCUT2D eigenvalue weighted by atomic mass is 9.88. The average Bonchev–Trinajstić information content (AvgIpc) is 1.73. The molecule has 5 heterocycles. The van der Waals surface area contributed by atoms with E-state index < -0.39 is 63.6 Å². The molecule has 0 spiro atoms. The maximum atomic E-state index is 17.0. The van der Waals surface area contributed by atoms with E-state index in [1.54, 1.807) is 86.1 Å². The molecule has 4 amide bonds. The van der Waals surface area contributed by atoms with Crippen LogP contribution in [-0.4, -0.2) is 170 Å². The summed E-state index contributed by atoms with van der Waals surface area (Å²) in [5.74, 6) is -2.32. The molecule has 1 saturated heterocycles. The van der Waals surface area contributed by atoms with E-state index in [-0.39, 0.29) is 97.9 Å². The van der Waals surface area contributed by atoms with Crippen molar-refractivity contribution in [2.24, 2.45) is 0 Å². The number of carbonyl (C=O) groups excluding carboxylic acids is 6. The number of rotatable bonds is 31. The van der Waals surface area contributed by atoms with Gasteiger partial charge >= 0.3 is 13.1 Å². The predicted molar refractivity (Wildman–Crippen MR) is 312 cm³/mol. The van der Waals surface area contributed by atoms with Gasteiger partial charge in [0.1, 0.15) is 30.3 Å². The summed E-state index contributed by atoms with van der Waals surface area (Å²) in [6.45, 7) is 0.122. The number of halogens is 2. The summed E-state index contributed by atoms with van der Waals surface area (Å²) in [5.41, 5.74) is 5.64. The van der Waals surface area contributed by atoms with Crippen LogP contribution >= 0.6 is 11.3 Å². The van der Waals surface area contributed by atoms with Gasteiger partial charge < -0.3 is 47.3 Å². The van der Waals surface area contributed by atoms with Crippen LogP contribution in [0, 0.1) is 17.0 Å². The van der Waals surface area contributed by atoms with Gasteiger partial charge in [0.15, 0.2) is 17.7 Å². The molecule has 2 aromatic carbocycles. The lowest BCUT2D eigenvalue weighted by Crippen LogP contribution is -2.51. The number of hydroxylamine groups is 2. The largest absolute Gasteiger partial charge is 0.737 e. The molecule has 3 aliphatic heterocycles. The van der Waals surface area contributed by atoms with Gasteiger partial charge in [-0.05, 0) is 106 Å². The number of nitro benzene ring substituents is 1. The Morgan fingerprint density at radius 3 is 2.38 bits per heavy atom. The number of quaternary nitrogens is 1. The van der Waals surface area contributed by atoms with E-state index in [2.05, 4.69) is 16.1 Å². The van der Waals surface area contributed by atoms with Gasteiger partial charge in [-0.1, -0.05) is 29.3 Å². The minimum absolute atomic E-state index is 0.0307. The summed E-state index contributed by atoms with van der Waals surface area (Å²) in [6.07, 6.45) is 5.57. The summed E-state index contributed by atoms with van der Waals surface area (Å²) < 4.78 is 85.5. The summed E-state index contributed by atoms with van der Waals surface area (Å²) >= 11 is 1.32. The van der Waals surface area contributed by atoms with Gasteiger partial charge in [0.2, 0.25) is 11.8 Å². The van der Waals surface area contributed by atoms with Crippen molar-refractivity contribution in [1.29, 1.82) is 0 Å². The number of hydrogen-bond donors (Lipinski definition) is 4. The minimum atomic E-state index is -4.42. The van der Waals surface area contributed by atoms with Crippen molar-refractivity contribution >= 4 is 94.1 Å². The molecule has 2 aromatic heterocycles. The van der Waals surface area contributed by atoms with Crippen molar-refractivity contribution in [3.05, 3.63) is 126 Å². The fraction of sp³-hybridized carbons (Fsp3) is 0.411. The maximum absolute atomic E-state index is 17.0. The highest BCUT2D eigenvalue weighted by Crippen LogP contribution is 2.40. The van der Waals surface area contributed by atoms with Crippen LogP contribution in [0.1, 0.15) is 108 Å². The summed E-state index contributed by atoms with van der Waals surface area (Å²) in [7, 11) is 3.39. The first-order chi connectivity index (χ1) is 40.2. The van der Waals surface area contributed by atoms with Crippen molar-refractivity contribution in [3.63, 3.8) is 0 Å². The molecule has 0 bridgehead atoms. The number of imide groups is 1. The Morgan fingerprint density at radius 2 is 1.72 bits per heavy atom. The monoisotopic (exact) mass is 1220 g/mol. The second kappa shape index (κ2) is 28.3. The Bertz CT molecular complexity index is 3400. The number of thiophene rings is 1. The van der Waals surface area contributed by atoms with Gasteiger partial charge in [-0.3, -0.25) is 48.1 Å². The third-order valence-electron chi connectivity index (χ3n) is 13.9. The molecular weight excluding hydrogens is 1150 g/mol. The fourth-order valence-electron chi connectivity index (χ4n) is 9.67. The number of benzene rings is 2. The average molecular weight is 1220 g/mol. The Kier molecular flexibility index (Phi) is 21.5. The van der Waals surface area contributed by atoms with Gasteiger partial charge in [-0.25, -0.2) is 4.79 Å². The number of aryl methyl sites for hydroxylation is 1. The number of hydrogen-bond acceptors (Lipinski definition) is 17. The van der Waals surface area contributed by atoms with E-state index >= 15 is 8.63 Å². The van der Waals surface area contributed by atoms with E-state index in [4.69, 9.17) is 19.0 Å². The SMILES string of the molecule is Cc1cc(/C=C/c2ccc(OCCCC(=O)NC(CCCN[N+](C)(C)C)C(=O)NCCN(C)CCOc3cc([N+](=O)[O-])c(C(C)OC(=O)ON4C(=O)CCC4=O)cc3C=O)cc2)n2c1C=C1C(CCCS(=O)(=O)O)=CC(c3cccs3)=[N+]1[B-]2(F)F. The topological polar surface area (TPSA) is 287 Å². The molecule has 456 valence electrons. The number of aldehydes is 1. The van der Waals surface area contributed by atoms with E-state index in [1.165, 1.54) is 18.3 Å². The summed E-state index contributed by atoms with van der Waals surface area (Å²) in [4.78, 5) is 93.3. The first-order valence-electron chi connectivity index (χ1n) is 27.4. The van der Waals surface area contributed by atoms with Crippen LogP contribution in [0.25, 0.3) is 18.2 Å². The second-order valence-electron chi connectivity index (χ2n) is 21.4. The second-order valence-corrected chi connectivity index (χ2v) is 23.9. The highest BCUT2D eigenvalue weighted by Gasteiger charge is 2.54. The Labute approximate surface area is 494 Å². The van der Waals surface area contributed by atoms with E-state index in [1.807, 2.05) is 26.0 Å². The molecule has 24 nitrogen and oxygen atoms in total. The molecule has 4 aromatic rings. The number of fused-ring (bicyclic) bond motifs is 2. The van der Waals surface area contributed by atoms with Crippen LogP contribution in [0.3, 0.4) is 0 Å². The van der Waals surface area contributed by atoms with Crippen molar-refractivity contribution in [2.75, 3.05) is 73.3 Å². The smallest absolute Gasteiger partial charge is 0.494 e. The third-order valence-corrected chi connectivity index (χ3v) is 15.6. The van der Waals surface area contributed by atoms with Crippen LogP contribution < -0.4 is 25.5 Å². The zero-order valence-electron chi connectivity index (χ0n) is 47.9. The number of nitrogens with one attached hydrogen (secondary N) is 3. The molecule has 0 saturated carbocycles. The van der Waals surface area contributed by atoms with Gasteiger partial charge in [0, 0.05) is 74.6 Å². The molecule has 29 heteroatoms. The number of nitro groups is 1. The molecule has 2 atom stereocenters. The first-order valence-corrected chi connectivity index (χ1v) is 29.9. The minimum Gasteiger partial charge on any atom is -0.494 e. The molecular formula is C56H69BF2N9O15S2+. The number of likely N-dealkylation sites (N-methyl/N-ethyl adjacent to an activating group) is 1. The van der Waals surface area contributed by atoms with Crippen LogP contribution in [0.2, 0.25) is 0 Å². The highest BCUT2D eigenvalue weighted by molar-refractivity contribution is 7.85. The van der Waals surface area contributed by atoms with Crippen molar-refractivity contribution in [2.45, 2.75) is 77.4 Å². The Morgan fingerprint density at radius 1 is 0.988 bits per heavy atom. The number of amides is 4. The number of allylic oxidation sites excluding steroid dienone is 2. The van der Waals surface area contributed by atoms with Crippen molar-refractivity contribution in [1.82, 2.24) is 30.5 Å². The van der Waals surface area contributed by atoms with Gasteiger partial charge in [-0.2, -0.15) is 13.8 Å². The fourth-order valence-corrected chi connectivity index (χ4v) is 10.9. The molecule has 0 radical (unpaired) electrons. The first kappa shape index (κ1) is 64.6. The maximum Gasteiger partial charge on any atom is 0.737 e. The zero-order chi connectivity index (χ0) is 61.8. The van der Waals surface area contributed by atoms with Crippen LogP contribution in [-0.2, 0) is 38.9 Å². The van der Waals surface area contributed by atoms with E-state index in [9.17, 15) is 51.9 Å². The molecule has 2 unspecified atom stereocenters.